The fourth-order valence-corrected chi connectivity index (χ4v) is 13.9. The van der Waals surface area contributed by atoms with Crippen molar-refractivity contribution in [2.75, 3.05) is 33.7 Å². The van der Waals surface area contributed by atoms with Crippen LogP contribution < -0.4 is 0 Å². The molecule has 0 spiro atoms. The molecule has 5 fully saturated rings. The lowest BCUT2D eigenvalue weighted by molar-refractivity contribution is -0.233. The van der Waals surface area contributed by atoms with Crippen LogP contribution in [-0.2, 0) is 23.9 Å². The number of amides is 1. The molecule has 8 heteroatoms. The molecule has 0 aliphatic heterocycles. The van der Waals surface area contributed by atoms with Crippen LogP contribution in [0.4, 0.5) is 0 Å². The van der Waals surface area contributed by atoms with Crippen LogP contribution >= 0.6 is 0 Å². The van der Waals surface area contributed by atoms with E-state index in [2.05, 4.69) is 53.4 Å². The molecule has 0 heterocycles. The average molecular weight is 751 g/mol. The molecular formula is C46H74N2O6. The molecule has 6 aliphatic rings. The third-order valence-corrected chi connectivity index (χ3v) is 17.5. The second-order valence-corrected chi connectivity index (χ2v) is 21.8. The predicted molar refractivity (Wildman–Crippen MR) is 212 cm³/mol. The van der Waals surface area contributed by atoms with Gasteiger partial charge in [-0.05, 0) is 142 Å². The van der Waals surface area contributed by atoms with Gasteiger partial charge in [0.15, 0.2) is 5.78 Å². The number of rotatable bonds is 12. The summed E-state index contributed by atoms with van der Waals surface area (Å²) in [5.74, 6) is 1.37. The molecule has 0 bridgehead atoms. The maximum atomic E-state index is 14.2. The van der Waals surface area contributed by atoms with E-state index >= 15 is 0 Å². The van der Waals surface area contributed by atoms with E-state index in [0.717, 1.165) is 76.5 Å². The van der Waals surface area contributed by atoms with Gasteiger partial charge in [0, 0.05) is 37.9 Å². The Morgan fingerprint density at radius 2 is 1.57 bits per heavy atom. The van der Waals surface area contributed by atoms with E-state index in [1.165, 1.54) is 24.8 Å². The number of carboxylic acids is 1. The molecule has 0 saturated heterocycles. The molecule has 5 saturated carbocycles. The highest BCUT2D eigenvalue weighted by Gasteiger charge is 2.70. The van der Waals surface area contributed by atoms with Gasteiger partial charge in [0.25, 0.3) is 0 Å². The molecule has 0 aromatic carbocycles. The van der Waals surface area contributed by atoms with Crippen molar-refractivity contribution >= 4 is 23.6 Å². The van der Waals surface area contributed by atoms with Crippen molar-refractivity contribution in [2.24, 2.45) is 62.1 Å². The number of likely N-dealkylation sites (N-methyl/N-ethyl adjacent to an activating group) is 1. The van der Waals surface area contributed by atoms with E-state index < -0.39 is 17.4 Å². The second-order valence-electron chi connectivity index (χ2n) is 21.8. The summed E-state index contributed by atoms with van der Waals surface area (Å²) in [4.78, 5) is 56.2. The number of carboxylic acid groups (broad SMARTS) is 1. The Morgan fingerprint density at radius 3 is 2.17 bits per heavy atom. The minimum Gasteiger partial charge on any atom is -0.481 e. The Bertz CT molecular complexity index is 1540. The zero-order valence-electron chi connectivity index (χ0n) is 35.9. The van der Waals surface area contributed by atoms with Crippen LogP contribution in [0, 0.1) is 62.1 Å². The van der Waals surface area contributed by atoms with Crippen LogP contribution in [0.5, 0.6) is 0 Å². The minimum atomic E-state index is -1.15. The normalized spacial score (nSPS) is 37.6. The summed E-state index contributed by atoms with van der Waals surface area (Å²) in [5.41, 5.74) is 1.47. The largest absolute Gasteiger partial charge is 0.481 e. The monoisotopic (exact) mass is 751 g/mol. The Hall–Kier alpha value is -2.22. The number of carbonyl (C=O) groups is 4. The van der Waals surface area contributed by atoms with Crippen molar-refractivity contribution in [1.82, 2.24) is 9.80 Å². The number of carbonyl (C=O) groups excluding carboxylic acids is 3. The van der Waals surface area contributed by atoms with Gasteiger partial charge in [-0.1, -0.05) is 60.5 Å². The summed E-state index contributed by atoms with van der Waals surface area (Å²) in [6.07, 6.45) is 13.6. The van der Waals surface area contributed by atoms with Gasteiger partial charge >= 0.3 is 11.9 Å². The Morgan fingerprint density at radius 1 is 0.889 bits per heavy atom. The highest BCUT2D eigenvalue weighted by atomic mass is 16.5. The average Bonchev–Trinajstić information content (AvgIpc) is 3.35. The molecule has 6 aliphatic carbocycles. The van der Waals surface area contributed by atoms with Gasteiger partial charge in [0.2, 0.25) is 5.91 Å². The molecule has 8 nitrogen and oxygen atoms in total. The number of ether oxygens (including phenoxy) is 1. The SMILES string of the molecule is CC(C)C1=C2[C@H]3CCC4[C@@]5(C)CC[C@H](OC(=O)CC(C)(C)C(=O)O)C(C)(C)C5CC[C@@]4(C)[C@]3(C)CC[C@@]2(CCN(CC(=O)N(C)C)CC2CCC2)CC1=O. The van der Waals surface area contributed by atoms with Gasteiger partial charge in [-0.2, -0.15) is 0 Å². The summed E-state index contributed by atoms with van der Waals surface area (Å²) in [7, 11) is 3.71. The predicted octanol–water partition coefficient (Wildman–Crippen LogP) is 8.96. The first-order valence-corrected chi connectivity index (χ1v) is 21.7. The fraction of sp³-hybridized carbons (Fsp3) is 0.870. The van der Waals surface area contributed by atoms with Gasteiger partial charge in [-0.25, -0.2) is 0 Å². The lowest BCUT2D eigenvalue weighted by Crippen LogP contribution is -2.65. The van der Waals surface area contributed by atoms with E-state index in [4.69, 9.17) is 4.74 Å². The number of ketones is 1. The zero-order chi connectivity index (χ0) is 39.8. The summed E-state index contributed by atoms with van der Waals surface area (Å²) in [6.45, 7) is 22.3. The van der Waals surface area contributed by atoms with Crippen LogP contribution in [0.1, 0.15) is 152 Å². The smallest absolute Gasteiger partial charge is 0.309 e. The number of Topliss-reactive ketones (excluding diaryl/α,β-unsaturated/α-hetero) is 1. The Labute approximate surface area is 327 Å². The maximum absolute atomic E-state index is 14.2. The summed E-state index contributed by atoms with van der Waals surface area (Å²) >= 11 is 0. The molecule has 8 atom stereocenters. The van der Waals surface area contributed by atoms with Gasteiger partial charge < -0.3 is 14.7 Å². The minimum absolute atomic E-state index is 0.0792. The lowest BCUT2D eigenvalue weighted by Gasteiger charge is -2.72. The van der Waals surface area contributed by atoms with E-state index in [0.29, 0.717) is 42.4 Å². The molecule has 304 valence electrons. The van der Waals surface area contributed by atoms with E-state index in [1.807, 2.05) is 14.1 Å². The summed E-state index contributed by atoms with van der Waals surface area (Å²) < 4.78 is 6.19. The number of hydrogen-bond donors (Lipinski definition) is 1. The van der Waals surface area contributed by atoms with Gasteiger partial charge in [0.1, 0.15) is 6.10 Å². The van der Waals surface area contributed by atoms with E-state index in [-0.39, 0.29) is 51.4 Å². The van der Waals surface area contributed by atoms with Crippen molar-refractivity contribution < 1.29 is 29.0 Å². The maximum Gasteiger partial charge on any atom is 0.309 e. The number of nitrogens with zero attached hydrogens (tertiary/aromatic N) is 2. The highest BCUT2D eigenvalue weighted by molar-refractivity contribution is 6.00. The second kappa shape index (κ2) is 14.3. The quantitative estimate of drug-likeness (QED) is 0.199. The van der Waals surface area contributed by atoms with Crippen LogP contribution in [0.2, 0.25) is 0 Å². The van der Waals surface area contributed by atoms with Crippen molar-refractivity contribution in [3.63, 3.8) is 0 Å². The van der Waals surface area contributed by atoms with Crippen molar-refractivity contribution in [3.05, 3.63) is 11.1 Å². The van der Waals surface area contributed by atoms with Crippen LogP contribution in [0.3, 0.4) is 0 Å². The molecule has 2 unspecified atom stereocenters. The van der Waals surface area contributed by atoms with Crippen molar-refractivity contribution in [2.45, 2.75) is 158 Å². The Balaban J connectivity index is 1.26. The molecule has 1 N–H and O–H groups in total. The van der Waals surface area contributed by atoms with Crippen molar-refractivity contribution in [1.29, 1.82) is 0 Å². The highest BCUT2D eigenvalue weighted by Crippen LogP contribution is 2.77. The summed E-state index contributed by atoms with van der Waals surface area (Å²) in [6, 6.07) is 0. The first-order chi connectivity index (χ1) is 25.0. The molecule has 6 rings (SSSR count). The van der Waals surface area contributed by atoms with Crippen LogP contribution in [0.25, 0.3) is 0 Å². The van der Waals surface area contributed by atoms with Crippen molar-refractivity contribution in [3.8, 4) is 0 Å². The third kappa shape index (κ3) is 6.72. The number of allylic oxidation sites excluding steroid dienone is 2. The topological polar surface area (TPSA) is 104 Å². The zero-order valence-corrected chi connectivity index (χ0v) is 35.9. The summed E-state index contributed by atoms with van der Waals surface area (Å²) in [5, 5.41) is 9.63. The van der Waals surface area contributed by atoms with E-state index in [1.54, 1.807) is 18.7 Å². The number of esters is 1. The first kappa shape index (κ1) is 41.4. The third-order valence-electron chi connectivity index (χ3n) is 17.5. The number of aliphatic carboxylic acids is 1. The first-order valence-electron chi connectivity index (χ1n) is 21.7. The number of fused-ring (bicyclic) bond motifs is 7. The van der Waals surface area contributed by atoms with Gasteiger partial charge in [0.05, 0.1) is 18.4 Å². The van der Waals surface area contributed by atoms with Crippen LogP contribution in [-0.4, -0.2) is 78.4 Å². The van der Waals surface area contributed by atoms with Gasteiger partial charge in [-0.15, -0.1) is 0 Å². The van der Waals surface area contributed by atoms with Crippen LogP contribution in [0.15, 0.2) is 11.1 Å². The Kier molecular flexibility index (Phi) is 11.0. The molecule has 0 radical (unpaired) electrons. The molecule has 0 aromatic rings. The standard InChI is InChI=1S/C46H74N2O6/c1-29(2)38-32(49)25-46(23-24-48(27-30-13-12-14-30)28-36(50)47(10)11)22-21-44(8)31(39(38)46)15-16-34-43(7)19-18-35(54-37(51)26-41(3,4)40(52)53)42(5,6)33(43)17-20-45(34,44)9/h29-31,33-35H,12-28H2,1-11H3,(H,52,53)/t31-,33?,34?,35+,43+,44-,45-,46-/m1/s1. The molecule has 1 amide bonds. The molecule has 0 aromatic heterocycles. The fourth-order valence-electron chi connectivity index (χ4n) is 13.9. The van der Waals surface area contributed by atoms with Gasteiger partial charge in [-0.3, -0.25) is 24.1 Å². The lowest BCUT2D eigenvalue weighted by atomic mass is 9.33. The number of hydrogen-bond acceptors (Lipinski definition) is 6. The van der Waals surface area contributed by atoms with E-state index in [9.17, 15) is 24.3 Å². The molecular weight excluding hydrogens is 677 g/mol. The molecule has 54 heavy (non-hydrogen) atoms.